The number of hydrogen-bond donors (Lipinski definition) is 0. The number of rotatable bonds is 2. The summed E-state index contributed by atoms with van der Waals surface area (Å²) in [6.45, 7) is 0. The monoisotopic (exact) mass is 512 g/mol. The van der Waals surface area contributed by atoms with Gasteiger partial charge in [-0.15, -0.1) is 0 Å². The van der Waals surface area contributed by atoms with Gasteiger partial charge in [-0.25, -0.2) is 0 Å². The van der Waals surface area contributed by atoms with Gasteiger partial charge in [0, 0.05) is 56.1 Å². The first-order chi connectivity index (χ1) is 19.7. The SMILES string of the molecule is Cn1c2ccccc2c2cc(-c3ccc4oc5ccc(-n6c7ccccc7c7ccccc76)cc5c4c3)ccc21. The summed E-state index contributed by atoms with van der Waals surface area (Å²) in [5.41, 5.74) is 10.3. The van der Waals surface area contributed by atoms with E-state index in [0.29, 0.717) is 0 Å². The smallest absolute Gasteiger partial charge is 0.135 e. The van der Waals surface area contributed by atoms with Crippen LogP contribution in [-0.2, 0) is 7.05 Å². The zero-order valence-electron chi connectivity index (χ0n) is 21.9. The molecule has 0 aliphatic rings. The molecule has 9 rings (SSSR count). The Morgan fingerprint density at radius 3 is 1.62 bits per heavy atom. The second kappa shape index (κ2) is 7.87. The van der Waals surface area contributed by atoms with Crippen molar-refractivity contribution in [1.29, 1.82) is 0 Å². The number of benzene rings is 6. The van der Waals surface area contributed by atoms with Crippen molar-refractivity contribution in [3.63, 3.8) is 0 Å². The molecule has 188 valence electrons. The van der Waals surface area contributed by atoms with Gasteiger partial charge in [-0.3, -0.25) is 0 Å². The van der Waals surface area contributed by atoms with Gasteiger partial charge in [0.05, 0.1) is 11.0 Å². The van der Waals surface area contributed by atoms with Crippen molar-refractivity contribution in [3.05, 3.63) is 127 Å². The highest BCUT2D eigenvalue weighted by Crippen LogP contribution is 2.38. The molecule has 0 spiro atoms. The summed E-state index contributed by atoms with van der Waals surface area (Å²) in [4.78, 5) is 0. The third-order valence-electron chi connectivity index (χ3n) is 8.54. The van der Waals surface area contributed by atoms with Gasteiger partial charge in [-0.1, -0.05) is 66.7 Å². The molecule has 0 fully saturated rings. The van der Waals surface area contributed by atoms with Crippen LogP contribution in [0.2, 0.25) is 0 Å². The zero-order valence-corrected chi connectivity index (χ0v) is 21.9. The summed E-state index contributed by atoms with van der Waals surface area (Å²) >= 11 is 0. The van der Waals surface area contributed by atoms with Gasteiger partial charge in [-0.05, 0) is 71.8 Å². The maximum absolute atomic E-state index is 6.31. The van der Waals surface area contributed by atoms with Crippen LogP contribution in [-0.4, -0.2) is 9.13 Å². The molecule has 0 radical (unpaired) electrons. The molecule has 3 heterocycles. The van der Waals surface area contributed by atoms with Gasteiger partial charge < -0.3 is 13.6 Å². The molecule has 0 N–H and O–H groups in total. The van der Waals surface area contributed by atoms with Gasteiger partial charge in [-0.2, -0.15) is 0 Å². The molecule has 0 aliphatic carbocycles. The molecular formula is C37H24N2O. The number of fused-ring (bicyclic) bond motifs is 9. The maximum Gasteiger partial charge on any atom is 0.135 e. The number of aryl methyl sites for hydroxylation is 1. The first-order valence-corrected chi connectivity index (χ1v) is 13.7. The first-order valence-electron chi connectivity index (χ1n) is 13.7. The molecule has 0 atom stereocenters. The fourth-order valence-electron chi connectivity index (χ4n) is 6.63. The summed E-state index contributed by atoms with van der Waals surface area (Å²) in [6.07, 6.45) is 0. The van der Waals surface area contributed by atoms with E-state index in [-0.39, 0.29) is 0 Å². The molecule has 40 heavy (non-hydrogen) atoms. The Labute approximate surface area is 230 Å². The Hall–Kier alpha value is -5.28. The van der Waals surface area contributed by atoms with Gasteiger partial charge in [0.1, 0.15) is 11.2 Å². The number of aromatic nitrogens is 2. The van der Waals surface area contributed by atoms with Crippen LogP contribution < -0.4 is 0 Å². The van der Waals surface area contributed by atoms with Crippen LogP contribution in [0.4, 0.5) is 0 Å². The lowest BCUT2D eigenvalue weighted by atomic mass is 10.0. The predicted octanol–water partition coefficient (Wildman–Crippen LogP) is 9.99. The molecule has 3 nitrogen and oxygen atoms in total. The standard InChI is InChI=1S/C37H24N2O/c1-38-32-11-5-2-10-28(32)29-20-23(14-17-33(29)38)24-15-18-36-30(21-24)31-22-25(16-19-37(31)40-36)39-34-12-6-3-8-26(34)27-9-4-7-13-35(27)39/h2-22H,1H3. The van der Waals surface area contributed by atoms with Crippen LogP contribution in [0.1, 0.15) is 0 Å². The molecule has 0 aliphatic heterocycles. The lowest BCUT2D eigenvalue weighted by Gasteiger charge is -2.08. The van der Waals surface area contributed by atoms with Crippen LogP contribution >= 0.6 is 0 Å². The van der Waals surface area contributed by atoms with Crippen molar-refractivity contribution < 1.29 is 4.42 Å². The highest BCUT2D eigenvalue weighted by Gasteiger charge is 2.15. The average molecular weight is 513 g/mol. The van der Waals surface area contributed by atoms with E-state index in [1.165, 1.54) is 54.7 Å². The highest BCUT2D eigenvalue weighted by molar-refractivity contribution is 6.12. The largest absolute Gasteiger partial charge is 0.456 e. The number of nitrogens with zero attached hydrogens (tertiary/aromatic N) is 2. The second-order valence-corrected chi connectivity index (χ2v) is 10.7. The van der Waals surface area contributed by atoms with Gasteiger partial charge in [0.15, 0.2) is 0 Å². The second-order valence-electron chi connectivity index (χ2n) is 10.7. The van der Waals surface area contributed by atoms with E-state index < -0.39 is 0 Å². The van der Waals surface area contributed by atoms with Crippen molar-refractivity contribution in [3.8, 4) is 16.8 Å². The molecule has 0 unspecified atom stereocenters. The van der Waals surface area contributed by atoms with Crippen LogP contribution in [0.5, 0.6) is 0 Å². The quantitative estimate of drug-likeness (QED) is 0.226. The number of para-hydroxylation sites is 3. The van der Waals surface area contributed by atoms with E-state index in [4.69, 9.17) is 4.42 Å². The minimum absolute atomic E-state index is 0.904. The Morgan fingerprint density at radius 1 is 0.425 bits per heavy atom. The van der Waals surface area contributed by atoms with E-state index >= 15 is 0 Å². The fourth-order valence-corrected chi connectivity index (χ4v) is 6.63. The normalized spacial score (nSPS) is 12.1. The van der Waals surface area contributed by atoms with Crippen LogP contribution in [0.15, 0.2) is 132 Å². The average Bonchev–Trinajstić information content (AvgIpc) is 3.64. The summed E-state index contributed by atoms with van der Waals surface area (Å²) in [5, 5.41) is 7.35. The summed E-state index contributed by atoms with van der Waals surface area (Å²) in [6, 6.07) is 45.8. The maximum atomic E-state index is 6.31. The van der Waals surface area contributed by atoms with Crippen molar-refractivity contribution >= 4 is 65.6 Å². The minimum atomic E-state index is 0.904. The van der Waals surface area contributed by atoms with E-state index in [1.54, 1.807) is 0 Å². The number of furan rings is 1. The predicted molar refractivity (Wildman–Crippen MR) is 167 cm³/mol. The lowest BCUT2D eigenvalue weighted by molar-refractivity contribution is 0.669. The van der Waals surface area contributed by atoms with Crippen molar-refractivity contribution in [2.45, 2.75) is 0 Å². The Morgan fingerprint density at radius 2 is 0.925 bits per heavy atom. The van der Waals surface area contributed by atoms with Gasteiger partial charge >= 0.3 is 0 Å². The van der Waals surface area contributed by atoms with E-state index in [2.05, 4.69) is 144 Å². The van der Waals surface area contributed by atoms with Crippen LogP contribution in [0, 0.1) is 0 Å². The van der Waals surface area contributed by atoms with Crippen molar-refractivity contribution in [1.82, 2.24) is 9.13 Å². The van der Waals surface area contributed by atoms with Crippen molar-refractivity contribution in [2.75, 3.05) is 0 Å². The van der Waals surface area contributed by atoms with E-state index in [0.717, 1.165) is 27.6 Å². The zero-order chi connectivity index (χ0) is 26.4. The topological polar surface area (TPSA) is 23.0 Å². The Kier molecular flexibility index (Phi) is 4.26. The molecule has 3 heteroatoms. The van der Waals surface area contributed by atoms with Gasteiger partial charge in [0.25, 0.3) is 0 Å². The highest BCUT2D eigenvalue weighted by atomic mass is 16.3. The minimum Gasteiger partial charge on any atom is -0.456 e. The third kappa shape index (κ3) is 2.89. The van der Waals surface area contributed by atoms with Crippen LogP contribution in [0.3, 0.4) is 0 Å². The van der Waals surface area contributed by atoms with Crippen molar-refractivity contribution in [2.24, 2.45) is 7.05 Å². The third-order valence-corrected chi connectivity index (χ3v) is 8.54. The summed E-state index contributed by atoms with van der Waals surface area (Å²) in [7, 11) is 2.14. The fraction of sp³-hybridized carbons (Fsp3) is 0.0270. The van der Waals surface area contributed by atoms with Gasteiger partial charge in [0.2, 0.25) is 0 Å². The molecule has 3 aromatic heterocycles. The lowest BCUT2D eigenvalue weighted by Crippen LogP contribution is -1.93. The first kappa shape index (κ1) is 21.6. The number of hydrogen-bond acceptors (Lipinski definition) is 1. The molecule has 0 saturated carbocycles. The Balaban J connectivity index is 1.26. The van der Waals surface area contributed by atoms with E-state index in [9.17, 15) is 0 Å². The molecular weight excluding hydrogens is 488 g/mol. The summed E-state index contributed by atoms with van der Waals surface area (Å²) in [5.74, 6) is 0. The Bertz CT molecular complexity index is 2400. The van der Waals surface area contributed by atoms with Crippen LogP contribution in [0.25, 0.3) is 82.4 Å². The summed E-state index contributed by atoms with van der Waals surface area (Å²) < 4.78 is 10.9. The molecule has 0 saturated heterocycles. The molecule has 9 aromatic rings. The molecule has 6 aromatic carbocycles. The molecule has 0 amide bonds. The molecule has 0 bridgehead atoms. The van der Waals surface area contributed by atoms with E-state index in [1.807, 2.05) is 0 Å².